The predicted molar refractivity (Wildman–Crippen MR) is 152 cm³/mol. The van der Waals surface area contributed by atoms with Gasteiger partial charge in [-0.05, 0) is 62.1 Å². The van der Waals surface area contributed by atoms with Crippen LogP contribution < -0.4 is 5.32 Å². The van der Waals surface area contributed by atoms with Gasteiger partial charge in [-0.25, -0.2) is 18.9 Å². The summed E-state index contributed by atoms with van der Waals surface area (Å²) < 4.78 is 28.8. The molecule has 0 unspecified atom stereocenters. The van der Waals surface area contributed by atoms with Crippen LogP contribution in [0.5, 0.6) is 0 Å². The molecule has 3 fully saturated rings. The van der Waals surface area contributed by atoms with Gasteiger partial charge in [-0.2, -0.15) is 0 Å². The third-order valence-electron chi connectivity index (χ3n) is 7.81. The molecule has 0 aromatic carbocycles. The van der Waals surface area contributed by atoms with Crippen LogP contribution >= 0.6 is 30.3 Å². The van der Waals surface area contributed by atoms with Crippen LogP contribution in [-0.4, -0.2) is 49.3 Å². The largest absolute Gasteiger partial charge is 0.466 e. The van der Waals surface area contributed by atoms with Crippen LogP contribution in [0.4, 0.5) is 10.2 Å². The van der Waals surface area contributed by atoms with Crippen molar-refractivity contribution in [2.75, 3.05) is 19.0 Å². The van der Waals surface area contributed by atoms with Crippen LogP contribution in [0, 0.1) is 23.6 Å². The van der Waals surface area contributed by atoms with Crippen molar-refractivity contribution in [2.24, 2.45) is 17.8 Å². The maximum absolute atomic E-state index is 14.2. The van der Waals surface area contributed by atoms with E-state index >= 15 is 0 Å². The highest BCUT2D eigenvalue weighted by Gasteiger charge is 2.48. The number of nitrogens with zero attached hydrogens (tertiary/aromatic N) is 5. The van der Waals surface area contributed by atoms with Gasteiger partial charge in [0.15, 0.2) is 17.3 Å². The normalized spacial score (nSPS) is 22.8. The molecule has 0 aliphatic heterocycles. The van der Waals surface area contributed by atoms with Gasteiger partial charge >= 0.3 is 5.97 Å². The number of rotatable bonds is 8. The SMILES string of the molecule is CCOC(=O)[C@H]1C2CCC(CC2)[C@@H]1Nc1nc(-c2cn(SI)c3ncc(F)cc23)nn2cc(COC)cc12. The van der Waals surface area contributed by atoms with E-state index in [0.29, 0.717) is 53.3 Å². The smallest absolute Gasteiger partial charge is 0.311 e. The lowest BCUT2D eigenvalue weighted by molar-refractivity contribution is -0.154. The monoisotopic (exact) mass is 650 g/mol. The molecule has 4 heterocycles. The summed E-state index contributed by atoms with van der Waals surface area (Å²) in [5.41, 5.74) is 3.06. The quantitative estimate of drug-likeness (QED) is 0.193. The second-order valence-corrected chi connectivity index (χ2v) is 11.7. The molecular formula is C26H28FIN6O3S. The molecule has 2 atom stereocenters. The van der Waals surface area contributed by atoms with E-state index in [1.807, 2.05) is 29.4 Å². The molecule has 0 saturated heterocycles. The van der Waals surface area contributed by atoms with Gasteiger partial charge in [0.25, 0.3) is 0 Å². The zero-order valence-electron chi connectivity index (χ0n) is 21.1. The van der Waals surface area contributed by atoms with Gasteiger partial charge in [-0.1, -0.05) is 0 Å². The minimum atomic E-state index is -0.423. The topological polar surface area (TPSA) is 95.6 Å². The Morgan fingerprint density at radius 2 is 2.03 bits per heavy atom. The molecule has 0 spiro atoms. The number of nitrogens with one attached hydrogen (secondary N) is 1. The maximum Gasteiger partial charge on any atom is 0.311 e. The van der Waals surface area contributed by atoms with Crippen molar-refractivity contribution in [1.82, 2.24) is 23.6 Å². The summed E-state index contributed by atoms with van der Waals surface area (Å²) >= 11 is 2.17. The molecule has 7 rings (SSSR count). The molecule has 4 aromatic rings. The fourth-order valence-electron chi connectivity index (χ4n) is 6.20. The van der Waals surface area contributed by atoms with Crippen LogP contribution in [-0.2, 0) is 20.9 Å². The second kappa shape index (κ2) is 10.6. The number of ether oxygens (including phenoxy) is 2. The lowest BCUT2D eigenvalue weighted by Crippen LogP contribution is -2.52. The Balaban J connectivity index is 1.48. The van der Waals surface area contributed by atoms with Gasteiger partial charge in [0.1, 0.15) is 11.3 Å². The Kier molecular flexibility index (Phi) is 7.20. The number of methoxy groups -OCH3 is 1. The summed E-state index contributed by atoms with van der Waals surface area (Å²) in [5.74, 6) is 0.961. The zero-order valence-corrected chi connectivity index (χ0v) is 24.0. The fraction of sp³-hybridized carbons (Fsp3) is 0.462. The van der Waals surface area contributed by atoms with E-state index in [1.165, 1.54) is 21.4 Å². The fourth-order valence-corrected chi connectivity index (χ4v) is 7.45. The van der Waals surface area contributed by atoms with Gasteiger partial charge in [0.2, 0.25) is 0 Å². The van der Waals surface area contributed by atoms with Crippen molar-refractivity contribution in [2.45, 2.75) is 45.3 Å². The molecule has 4 aromatic heterocycles. The highest BCUT2D eigenvalue weighted by Crippen LogP contribution is 2.47. The van der Waals surface area contributed by atoms with Crippen molar-refractivity contribution in [3.8, 4) is 11.4 Å². The van der Waals surface area contributed by atoms with Crippen molar-refractivity contribution in [1.29, 1.82) is 0 Å². The number of carbonyl (C=O) groups is 1. The molecular weight excluding hydrogens is 622 g/mol. The molecule has 3 saturated carbocycles. The first-order valence-corrected chi connectivity index (χ1v) is 16.1. The molecule has 200 valence electrons. The lowest BCUT2D eigenvalue weighted by atomic mass is 9.61. The molecule has 1 N–H and O–H groups in total. The summed E-state index contributed by atoms with van der Waals surface area (Å²) in [7, 11) is 3.09. The molecule has 38 heavy (non-hydrogen) atoms. The molecule has 2 bridgehead atoms. The van der Waals surface area contributed by atoms with Crippen LogP contribution in [0.3, 0.4) is 0 Å². The predicted octanol–water partition coefficient (Wildman–Crippen LogP) is 5.66. The van der Waals surface area contributed by atoms with Crippen LogP contribution in [0.15, 0.2) is 30.7 Å². The van der Waals surface area contributed by atoms with Gasteiger partial charge in [-0.15, -0.1) is 5.10 Å². The van der Waals surface area contributed by atoms with E-state index in [0.717, 1.165) is 36.8 Å². The number of esters is 1. The van der Waals surface area contributed by atoms with E-state index in [2.05, 4.69) is 31.5 Å². The lowest BCUT2D eigenvalue weighted by Gasteiger charge is -2.47. The average Bonchev–Trinajstić information content (AvgIpc) is 3.50. The van der Waals surface area contributed by atoms with E-state index < -0.39 is 5.82 Å². The van der Waals surface area contributed by atoms with Crippen molar-refractivity contribution in [3.05, 3.63) is 42.1 Å². The molecule has 3 aliphatic carbocycles. The highest BCUT2D eigenvalue weighted by molar-refractivity contribution is 14.2. The summed E-state index contributed by atoms with van der Waals surface area (Å²) in [6, 6.07) is 3.38. The van der Waals surface area contributed by atoms with Crippen molar-refractivity contribution >= 4 is 58.7 Å². The van der Waals surface area contributed by atoms with Crippen molar-refractivity contribution < 1.29 is 18.7 Å². The number of hydrogen-bond donors (Lipinski definition) is 1. The van der Waals surface area contributed by atoms with E-state index in [1.54, 1.807) is 11.6 Å². The Bertz CT molecular complexity index is 1500. The van der Waals surface area contributed by atoms with E-state index in [4.69, 9.17) is 19.6 Å². The first kappa shape index (κ1) is 25.8. The summed E-state index contributed by atoms with van der Waals surface area (Å²) in [6.07, 6.45) is 9.25. The minimum Gasteiger partial charge on any atom is -0.466 e. The molecule has 0 amide bonds. The number of anilines is 1. The molecule has 3 aliphatic rings. The third kappa shape index (κ3) is 4.53. The van der Waals surface area contributed by atoms with Gasteiger partial charge in [0, 0.05) is 66.8 Å². The third-order valence-corrected chi connectivity index (χ3v) is 9.51. The summed E-state index contributed by atoms with van der Waals surface area (Å²) in [5, 5.41) is 9.11. The van der Waals surface area contributed by atoms with Gasteiger partial charge in [0.05, 0.1) is 25.3 Å². The number of carbonyl (C=O) groups excluding carboxylic acids is 1. The van der Waals surface area contributed by atoms with Crippen LogP contribution in [0.25, 0.3) is 27.9 Å². The number of halogens is 2. The molecule has 12 heteroatoms. The molecule has 9 nitrogen and oxygen atoms in total. The maximum atomic E-state index is 14.2. The van der Waals surface area contributed by atoms with Gasteiger partial charge in [-0.3, -0.25) is 8.77 Å². The first-order chi connectivity index (χ1) is 18.5. The standard InChI is InChI=1S/C26H28FIN6O3S/c1-3-37-26(35)21-15-4-6-16(7-5-15)22(21)30-24-20-8-14(13-36-2)11-33(20)32-23(31-24)19-12-34(38-28)25-18(19)9-17(27)10-29-25/h8-12,15-16,21-22H,3-7,13H2,1-2H3,(H,30,31,32)/t15?,16?,21-,22-/m0/s1. The van der Waals surface area contributed by atoms with E-state index in [-0.39, 0.29) is 17.9 Å². The van der Waals surface area contributed by atoms with Crippen LogP contribution in [0.2, 0.25) is 0 Å². The first-order valence-electron chi connectivity index (χ1n) is 12.8. The Hall–Kier alpha value is -2.45. The molecule has 0 radical (unpaired) electrons. The number of aromatic nitrogens is 5. The summed E-state index contributed by atoms with van der Waals surface area (Å²) in [4.78, 5) is 22.4. The number of hydrogen-bond acceptors (Lipinski definition) is 8. The number of pyridine rings is 1. The Morgan fingerprint density at radius 3 is 2.76 bits per heavy atom. The number of fused-ring (bicyclic) bond motifs is 5. The summed E-state index contributed by atoms with van der Waals surface area (Å²) in [6.45, 7) is 2.64. The van der Waals surface area contributed by atoms with Gasteiger partial charge < -0.3 is 14.8 Å². The average molecular weight is 651 g/mol. The Labute approximate surface area is 235 Å². The minimum absolute atomic E-state index is 0.0840. The van der Waals surface area contributed by atoms with Crippen LogP contribution in [0.1, 0.15) is 38.2 Å². The zero-order chi connectivity index (χ0) is 26.4. The van der Waals surface area contributed by atoms with Crippen molar-refractivity contribution in [3.63, 3.8) is 0 Å². The second-order valence-electron chi connectivity index (χ2n) is 9.98. The Morgan fingerprint density at radius 1 is 1.24 bits per heavy atom. The van der Waals surface area contributed by atoms with E-state index in [9.17, 15) is 9.18 Å². The highest BCUT2D eigenvalue weighted by atomic mass is 127.